The summed E-state index contributed by atoms with van der Waals surface area (Å²) in [6.45, 7) is 2.17. The third kappa shape index (κ3) is 6.86. The number of hydrogen-bond donors (Lipinski definition) is 1. The Morgan fingerprint density at radius 3 is 2.90 bits per heavy atom. The Kier molecular flexibility index (Phi) is 8.98. The van der Waals surface area contributed by atoms with E-state index in [0.29, 0.717) is 0 Å². The molecule has 0 bridgehead atoms. The van der Waals surface area contributed by atoms with Gasteiger partial charge in [0.2, 0.25) is 0 Å². The van der Waals surface area contributed by atoms with E-state index in [0.717, 1.165) is 37.1 Å². The molecule has 20 heavy (non-hydrogen) atoms. The number of carbonyl (C=O) groups is 1. The Balaban J connectivity index is 2.31. The maximum Gasteiger partial charge on any atom is 0.337 e. The van der Waals surface area contributed by atoms with Crippen molar-refractivity contribution in [1.29, 1.82) is 0 Å². The van der Waals surface area contributed by atoms with E-state index in [9.17, 15) is 4.79 Å². The molecule has 2 N–H and O–H groups in total. The largest absolute Gasteiger partial charge is 0.372 e. The van der Waals surface area contributed by atoms with Crippen molar-refractivity contribution in [1.82, 2.24) is 9.97 Å². The van der Waals surface area contributed by atoms with Crippen LogP contribution in [-0.4, -0.2) is 26.9 Å². The average molecular weight is 297 g/mol. The van der Waals surface area contributed by atoms with Crippen LogP contribution in [0.3, 0.4) is 0 Å². The number of aromatic nitrogens is 2. The van der Waals surface area contributed by atoms with Crippen LogP contribution in [0.25, 0.3) is 0 Å². The molecule has 6 heteroatoms. The van der Waals surface area contributed by atoms with Crippen molar-refractivity contribution in [2.75, 3.05) is 5.75 Å². The van der Waals surface area contributed by atoms with Gasteiger partial charge in [-0.2, -0.15) is 5.90 Å². The Bertz CT molecular complexity index is 376. The fourth-order valence-electron chi connectivity index (χ4n) is 1.87. The third-order valence-corrected chi connectivity index (χ3v) is 4.26. The lowest BCUT2D eigenvalue weighted by molar-refractivity contribution is -0.143. The van der Waals surface area contributed by atoms with Gasteiger partial charge >= 0.3 is 5.97 Å². The molecule has 0 spiro atoms. The smallest absolute Gasteiger partial charge is 0.337 e. The monoisotopic (exact) mass is 297 g/mol. The van der Waals surface area contributed by atoms with Gasteiger partial charge in [-0.25, -0.2) is 4.79 Å². The summed E-state index contributed by atoms with van der Waals surface area (Å²) in [4.78, 5) is 24.2. The molecular formula is C14H23N3O2S. The van der Waals surface area contributed by atoms with E-state index in [1.54, 1.807) is 30.4 Å². The summed E-state index contributed by atoms with van der Waals surface area (Å²) < 4.78 is 0. The number of aryl methyl sites for hydroxylation is 1. The zero-order valence-electron chi connectivity index (χ0n) is 12.0. The lowest BCUT2D eigenvalue weighted by atomic mass is 10.1. The molecule has 0 aliphatic carbocycles. The second-order valence-electron chi connectivity index (χ2n) is 4.59. The van der Waals surface area contributed by atoms with Gasteiger partial charge in [0.25, 0.3) is 0 Å². The zero-order valence-corrected chi connectivity index (χ0v) is 12.8. The number of hydrogen-bond acceptors (Lipinski definition) is 6. The summed E-state index contributed by atoms with van der Waals surface area (Å²) in [5.41, 5.74) is 0.936. The molecule has 1 heterocycles. The third-order valence-electron chi connectivity index (χ3n) is 2.99. The van der Waals surface area contributed by atoms with E-state index < -0.39 is 0 Å². The van der Waals surface area contributed by atoms with Crippen molar-refractivity contribution in [2.45, 2.75) is 50.7 Å². The van der Waals surface area contributed by atoms with Crippen LogP contribution >= 0.6 is 11.8 Å². The van der Waals surface area contributed by atoms with E-state index in [2.05, 4.69) is 21.7 Å². The van der Waals surface area contributed by atoms with Crippen molar-refractivity contribution < 1.29 is 9.63 Å². The molecule has 5 nitrogen and oxygen atoms in total. The van der Waals surface area contributed by atoms with Gasteiger partial charge in [0.1, 0.15) is 5.25 Å². The van der Waals surface area contributed by atoms with E-state index in [4.69, 9.17) is 5.90 Å². The summed E-state index contributed by atoms with van der Waals surface area (Å²) in [6.07, 6.45) is 11.3. The number of carbonyl (C=O) groups excluding carboxylic acids is 1. The minimum atomic E-state index is -0.328. The molecule has 1 unspecified atom stereocenters. The van der Waals surface area contributed by atoms with Crippen LogP contribution in [0.2, 0.25) is 0 Å². The Morgan fingerprint density at radius 1 is 1.40 bits per heavy atom. The first kappa shape index (κ1) is 16.9. The minimum Gasteiger partial charge on any atom is -0.372 e. The van der Waals surface area contributed by atoms with Crippen LogP contribution in [0.15, 0.2) is 18.6 Å². The maximum absolute atomic E-state index is 11.6. The molecule has 1 aromatic heterocycles. The summed E-state index contributed by atoms with van der Waals surface area (Å²) >= 11 is 1.58. The summed E-state index contributed by atoms with van der Waals surface area (Å²) in [5, 5.41) is -0.173. The number of thioether (sulfide) groups is 1. The number of nitrogens with two attached hydrogens (primary N) is 1. The number of rotatable bonds is 10. The molecule has 1 aromatic rings. The summed E-state index contributed by atoms with van der Waals surface area (Å²) in [7, 11) is 0. The van der Waals surface area contributed by atoms with E-state index in [1.807, 2.05) is 0 Å². The highest BCUT2D eigenvalue weighted by Gasteiger charge is 2.19. The highest BCUT2D eigenvalue weighted by atomic mass is 32.2. The van der Waals surface area contributed by atoms with Gasteiger partial charge in [0, 0.05) is 25.0 Å². The summed E-state index contributed by atoms with van der Waals surface area (Å²) in [5.74, 6) is 5.48. The molecule has 0 aliphatic rings. The van der Waals surface area contributed by atoms with Crippen LogP contribution < -0.4 is 5.90 Å². The highest BCUT2D eigenvalue weighted by molar-refractivity contribution is 8.00. The van der Waals surface area contributed by atoms with Crippen molar-refractivity contribution in [2.24, 2.45) is 5.90 Å². The fourth-order valence-corrected chi connectivity index (χ4v) is 3.00. The van der Waals surface area contributed by atoms with Crippen molar-refractivity contribution in [3.8, 4) is 0 Å². The van der Waals surface area contributed by atoms with Gasteiger partial charge in [-0.1, -0.05) is 32.6 Å². The first-order valence-electron chi connectivity index (χ1n) is 7.05. The highest BCUT2D eigenvalue weighted by Crippen LogP contribution is 2.20. The SMILES string of the molecule is CCCCCCC(SCCc1cnccn1)C(=O)ON. The standard InChI is InChI=1S/C14H23N3O2S/c1-2-3-4-5-6-13(14(18)19-15)20-10-7-12-11-16-8-9-17-12/h8-9,11,13H,2-7,10,15H2,1H3. The topological polar surface area (TPSA) is 78.1 Å². The number of unbranched alkanes of at least 4 members (excludes halogenated alkanes) is 3. The van der Waals surface area contributed by atoms with E-state index >= 15 is 0 Å². The first-order chi connectivity index (χ1) is 9.77. The normalized spacial score (nSPS) is 12.1. The quantitative estimate of drug-likeness (QED) is 0.528. The lowest BCUT2D eigenvalue weighted by Gasteiger charge is -2.13. The lowest BCUT2D eigenvalue weighted by Crippen LogP contribution is -2.24. The predicted octanol–water partition coefficient (Wildman–Crippen LogP) is 2.51. The average Bonchev–Trinajstić information content (AvgIpc) is 2.50. The molecule has 0 aromatic carbocycles. The van der Waals surface area contributed by atoms with Crippen LogP contribution in [0.4, 0.5) is 0 Å². The van der Waals surface area contributed by atoms with E-state index in [1.165, 1.54) is 12.8 Å². The van der Waals surface area contributed by atoms with Crippen molar-refractivity contribution in [3.05, 3.63) is 24.3 Å². The zero-order chi connectivity index (χ0) is 14.6. The van der Waals surface area contributed by atoms with Crippen LogP contribution in [-0.2, 0) is 16.1 Å². The van der Waals surface area contributed by atoms with Crippen LogP contribution in [0.1, 0.15) is 44.7 Å². The van der Waals surface area contributed by atoms with Gasteiger partial charge in [-0.05, 0) is 12.2 Å². The van der Waals surface area contributed by atoms with E-state index in [-0.39, 0.29) is 11.2 Å². The Hall–Kier alpha value is -1.14. The molecule has 112 valence electrons. The first-order valence-corrected chi connectivity index (χ1v) is 8.09. The Labute approximate surface area is 124 Å². The molecule has 0 saturated carbocycles. The van der Waals surface area contributed by atoms with Crippen LogP contribution in [0.5, 0.6) is 0 Å². The molecule has 1 rings (SSSR count). The van der Waals surface area contributed by atoms with Gasteiger partial charge < -0.3 is 4.84 Å². The predicted molar refractivity (Wildman–Crippen MR) is 81.0 cm³/mol. The molecule has 0 aliphatic heterocycles. The second-order valence-corrected chi connectivity index (χ2v) is 5.90. The maximum atomic E-state index is 11.6. The summed E-state index contributed by atoms with van der Waals surface area (Å²) in [6, 6.07) is 0. The van der Waals surface area contributed by atoms with Crippen molar-refractivity contribution >= 4 is 17.7 Å². The van der Waals surface area contributed by atoms with Crippen molar-refractivity contribution in [3.63, 3.8) is 0 Å². The molecule has 1 atom stereocenters. The van der Waals surface area contributed by atoms with Crippen LogP contribution in [0, 0.1) is 0 Å². The Morgan fingerprint density at radius 2 is 2.25 bits per heavy atom. The molecule has 0 radical (unpaired) electrons. The molecular weight excluding hydrogens is 274 g/mol. The second kappa shape index (κ2) is 10.6. The van der Waals surface area contributed by atoms with Gasteiger partial charge in [-0.15, -0.1) is 11.8 Å². The molecule has 0 amide bonds. The fraction of sp³-hybridized carbons (Fsp3) is 0.643. The number of nitrogens with zero attached hydrogens (tertiary/aromatic N) is 2. The van der Waals surface area contributed by atoms with Gasteiger partial charge in [0.05, 0.1) is 5.69 Å². The minimum absolute atomic E-state index is 0.173. The molecule has 0 fully saturated rings. The molecule has 0 saturated heterocycles. The van der Waals surface area contributed by atoms with Gasteiger partial charge in [-0.3, -0.25) is 9.97 Å². The van der Waals surface area contributed by atoms with Gasteiger partial charge in [0.15, 0.2) is 0 Å².